The maximum Gasteiger partial charge on any atom is 0.185 e. The first-order valence-corrected chi connectivity index (χ1v) is 6.36. The van der Waals surface area contributed by atoms with Crippen molar-refractivity contribution in [3.63, 3.8) is 0 Å². The number of hydrogen-bond acceptors (Lipinski definition) is 4. The summed E-state index contributed by atoms with van der Waals surface area (Å²) in [7, 11) is -3.61. The molecule has 0 N–H and O–H groups in total. The molecule has 0 amide bonds. The Balaban J connectivity index is 2.81. The molecule has 0 radical (unpaired) electrons. The molecule has 86 valence electrons. The van der Waals surface area contributed by atoms with Crippen LogP contribution in [0.25, 0.3) is 0 Å². The van der Waals surface area contributed by atoms with E-state index in [1.807, 2.05) is 0 Å². The summed E-state index contributed by atoms with van der Waals surface area (Å²) in [5.74, 6) is -1.51. The molecule has 0 saturated heterocycles. The van der Waals surface area contributed by atoms with Crippen molar-refractivity contribution in [1.82, 2.24) is 0 Å². The number of carbonyl (C=O) groups is 2. The van der Waals surface area contributed by atoms with E-state index in [2.05, 4.69) is 0 Å². The van der Waals surface area contributed by atoms with E-state index in [1.54, 1.807) is 18.2 Å². The minimum absolute atomic E-state index is 0.104. The first kappa shape index (κ1) is 12.6. The molecule has 1 rings (SSSR count). The zero-order valence-electron chi connectivity index (χ0n) is 8.84. The second kappa shape index (κ2) is 5.03. The normalized spacial score (nSPS) is 11.1. The predicted molar refractivity (Wildman–Crippen MR) is 58.8 cm³/mol. The van der Waals surface area contributed by atoms with E-state index in [4.69, 9.17) is 0 Å². The van der Waals surface area contributed by atoms with Gasteiger partial charge in [-0.05, 0) is 19.1 Å². The quantitative estimate of drug-likeness (QED) is 0.720. The lowest BCUT2D eigenvalue weighted by Gasteiger charge is -2.02. The van der Waals surface area contributed by atoms with Gasteiger partial charge in [-0.15, -0.1) is 0 Å². The van der Waals surface area contributed by atoms with Crippen LogP contribution < -0.4 is 0 Å². The third-order valence-electron chi connectivity index (χ3n) is 1.90. The maximum atomic E-state index is 11.7. The number of carbonyl (C=O) groups excluding carboxylic acids is 2. The molecule has 0 atom stereocenters. The molecule has 0 heterocycles. The van der Waals surface area contributed by atoms with Crippen LogP contribution in [0.5, 0.6) is 0 Å². The number of ketones is 2. The van der Waals surface area contributed by atoms with Crippen molar-refractivity contribution in [2.75, 3.05) is 5.75 Å². The van der Waals surface area contributed by atoms with Crippen LogP contribution in [-0.2, 0) is 19.4 Å². The fourth-order valence-corrected chi connectivity index (χ4v) is 2.52. The highest BCUT2D eigenvalue weighted by molar-refractivity contribution is 7.92. The summed E-state index contributed by atoms with van der Waals surface area (Å²) in [6.07, 6.45) is -0.327. The SMILES string of the molecule is CC(=O)CC(=O)CS(=O)(=O)c1ccccc1. The van der Waals surface area contributed by atoms with Crippen molar-refractivity contribution < 1.29 is 18.0 Å². The van der Waals surface area contributed by atoms with Gasteiger partial charge in [-0.1, -0.05) is 18.2 Å². The first-order valence-electron chi connectivity index (χ1n) is 4.71. The molecule has 1 aromatic rings. The molecule has 0 aromatic heterocycles. The second-order valence-corrected chi connectivity index (χ2v) is 5.48. The van der Waals surface area contributed by atoms with Gasteiger partial charge in [0, 0.05) is 0 Å². The summed E-state index contributed by atoms with van der Waals surface area (Å²) in [6.45, 7) is 1.26. The predicted octanol–water partition coefficient (Wildman–Crippen LogP) is 1.01. The van der Waals surface area contributed by atoms with Crippen LogP contribution in [0.1, 0.15) is 13.3 Å². The highest BCUT2D eigenvalue weighted by atomic mass is 32.2. The smallest absolute Gasteiger partial charge is 0.185 e. The highest BCUT2D eigenvalue weighted by Gasteiger charge is 2.19. The summed E-state index contributed by atoms with van der Waals surface area (Å²) in [6, 6.07) is 7.72. The summed E-state index contributed by atoms with van der Waals surface area (Å²) >= 11 is 0. The summed E-state index contributed by atoms with van der Waals surface area (Å²) < 4.78 is 23.4. The molecular formula is C11H12O4S. The number of benzene rings is 1. The molecule has 16 heavy (non-hydrogen) atoms. The number of rotatable bonds is 5. The molecule has 0 bridgehead atoms. The van der Waals surface area contributed by atoms with Crippen LogP contribution in [0, 0.1) is 0 Å². The third-order valence-corrected chi connectivity index (χ3v) is 3.59. The zero-order chi connectivity index (χ0) is 12.2. The summed E-state index contributed by atoms with van der Waals surface area (Å²) in [5.41, 5.74) is 0. The molecule has 0 aliphatic rings. The van der Waals surface area contributed by atoms with E-state index < -0.39 is 21.4 Å². The molecule has 0 unspecified atom stereocenters. The van der Waals surface area contributed by atoms with Gasteiger partial charge in [0.1, 0.15) is 11.5 Å². The van der Waals surface area contributed by atoms with E-state index in [-0.39, 0.29) is 17.1 Å². The van der Waals surface area contributed by atoms with Crippen molar-refractivity contribution in [2.45, 2.75) is 18.2 Å². The number of Topliss-reactive ketones (excluding diaryl/α,β-unsaturated/α-hetero) is 2. The topological polar surface area (TPSA) is 68.3 Å². The summed E-state index contributed by atoms with van der Waals surface area (Å²) in [5, 5.41) is 0. The van der Waals surface area contributed by atoms with Crippen LogP contribution in [-0.4, -0.2) is 25.7 Å². The average molecular weight is 240 g/mol. The zero-order valence-corrected chi connectivity index (χ0v) is 9.66. The largest absolute Gasteiger partial charge is 0.300 e. The number of hydrogen-bond donors (Lipinski definition) is 0. The van der Waals surface area contributed by atoms with Crippen molar-refractivity contribution in [3.8, 4) is 0 Å². The molecule has 0 aliphatic carbocycles. The molecule has 0 aliphatic heterocycles. The fraction of sp³-hybridized carbons (Fsp3) is 0.273. The van der Waals surface area contributed by atoms with Gasteiger partial charge >= 0.3 is 0 Å². The van der Waals surface area contributed by atoms with Crippen LogP contribution in [0.15, 0.2) is 35.2 Å². The van der Waals surface area contributed by atoms with Gasteiger partial charge in [0.2, 0.25) is 0 Å². The minimum atomic E-state index is -3.61. The molecular weight excluding hydrogens is 228 g/mol. The second-order valence-electron chi connectivity index (χ2n) is 3.49. The van der Waals surface area contributed by atoms with Crippen LogP contribution in [0.2, 0.25) is 0 Å². The van der Waals surface area contributed by atoms with E-state index in [0.29, 0.717) is 0 Å². The van der Waals surface area contributed by atoms with E-state index >= 15 is 0 Å². The summed E-state index contributed by atoms with van der Waals surface area (Å²) in [4.78, 5) is 22.0. The molecule has 5 heteroatoms. The molecule has 1 aromatic carbocycles. The fourth-order valence-electron chi connectivity index (χ4n) is 1.25. The lowest BCUT2D eigenvalue weighted by molar-refractivity contribution is -0.124. The highest BCUT2D eigenvalue weighted by Crippen LogP contribution is 2.10. The van der Waals surface area contributed by atoms with E-state index in [0.717, 1.165) is 0 Å². The standard InChI is InChI=1S/C11H12O4S/c1-9(12)7-10(13)8-16(14,15)11-5-3-2-4-6-11/h2-6H,7-8H2,1H3. The van der Waals surface area contributed by atoms with E-state index in [1.165, 1.54) is 19.1 Å². The van der Waals surface area contributed by atoms with Crippen molar-refractivity contribution in [2.24, 2.45) is 0 Å². The molecule has 4 nitrogen and oxygen atoms in total. The van der Waals surface area contributed by atoms with Gasteiger partial charge < -0.3 is 0 Å². The van der Waals surface area contributed by atoms with Crippen molar-refractivity contribution in [1.29, 1.82) is 0 Å². The van der Waals surface area contributed by atoms with Crippen molar-refractivity contribution in [3.05, 3.63) is 30.3 Å². The Kier molecular flexibility index (Phi) is 3.95. The van der Waals surface area contributed by atoms with Gasteiger partial charge in [0.25, 0.3) is 0 Å². The maximum absolute atomic E-state index is 11.7. The lowest BCUT2D eigenvalue weighted by atomic mass is 10.2. The Hall–Kier alpha value is -1.49. The minimum Gasteiger partial charge on any atom is -0.300 e. The monoisotopic (exact) mass is 240 g/mol. The van der Waals surface area contributed by atoms with Crippen LogP contribution >= 0.6 is 0 Å². The third kappa shape index (κ3) is 3.58. The molecule has 0 saturated carbocycles. The Morgan fingerprint density at radius 2 is 1.69 bits per heavy atom. The Morgan fingerprint density at radius 1 is 1.12 bits per heavy atom. The Bertz CT molecular complexity index is 488. The van der Waals surface area contributed by atoms with Crippen LogP contribution in [0.4, 0.5) is 0 Å². The molecule has 0 fully saturated rings. The van der Waals surface area contributed by atoms with Crippen molar-refractivity contribution >= 4 is 21.4 Å². The molecule has 0 spiro atoms. The Labute approximate surface area is 94.2 Å². The van der Waals surface area contributed by atoms with Gasteiger partial charge in [-0.25, -0.2) is 8.42 Å². The van der Waals surface area contributed by atoms with Gasteiger partial charge in [-0.3, -0.25) is 9.59 Å². The number of sulfone groups is 1. The average Bonchev–Trinajstić information content (AvgIpc) is 2.16. The van der Waals surface area contributed by atoms with Crippen LogP contribution in [0.3, 0.4) is 0 Å². The van der Waals surface area contributed by atoms with Gasteiger partial charge in [-0.2, -0.15) is 0 Å². The lowest BCUT2D eigenvalue weighted by Crippen LogP contribution is -2.18. The van der Waals surface area contributed by atoms with E-state index in [9.17, 15) is 18.0 Å². The Morgan fingerprint density at radius 3 is 2.19 bits per heavy atom. The van der Waals surface area contributed by atoms with Gasteiger partial charge in [0.05, 0.1) is 11.3 Å². The van der Waals surface area contributed by atoms with Gasteiger partial charge in [0.15, 0.2) is 15.6 Å². The first-order chi connectivity index (χ1) is 7.42.